The van der Waals surface area contributed by atoms with E-state index in [1.165, 1.54) is 0 Å². The van der Waals surface area contributed by atoms with Gasteiger partial charge in [0, 0.05) is 6.54 Å². The van der Waals surface area contributed by atoms with Crippen LogP contribution in [0.15, 0.2) is 12.1 Å². The van der Waals surface area contributed by atoms with E-state index < -0.39 is 13.5 Å². The second-order valence-electron chi connectivity index (χ2n) is 8.92. The molecule has 1 amide bonds. The Kier molecular flexibility index (Phi) is 8.31. The van der Waals surface area contributed by atoms with E-state index in [4.69, 9.17) is 9.05 Å². The Morgan fingerprint density at radius 1 is 1.00 bits per heavy atom. The molecule has 1 aromatic carbocycles. The van der Waals surface area contributed by atoms with Crippen molar-refractivity contribution in [1.29, 1.82) is 0 Å². The first-order valence-corrected chi connectivity index (χ1v) is 11.5. The van der Waals surface area contributed by atoms with Gasteiger partial charge in [0.1, 0.15) is 11.9 Å². The molecule has 2 N–H and O–H groups in total. The summed E-state index contributed by atoms with van der Waals surface area (Å²) in [4.78, 5) is 12.3. The molecular formula is C21H36NO5P. The average Bonchev–Trinajstić information content (AvgIpc) is 2.51. The lowest BCUT2D eigenvalue weighted by Gasteiger charge is -2.28. The van der Waals surface area contributed by atoms with Crippen LogP contribution in [0, 0.1) is 0 Å². The van der Waals surface area contributed by atoms with E-state index >= 15 is 0 Å². The first-order valence-electron chi connectivity index (χ1n) is 9.75. The summed E-state index contributed by atoms with van der Waals surface area (Å²) in [6, 6.07) is 3.82. The van der Waals surface area contributed by atoms with E-state index in [2.05, 4.69) is 5.32 Å². The van der Waals surface area contributed by atoms with Gasteiger partial charge in [-0.15, -0.1) is 0 Å². The third-order valence-electron chi connectivity index (χ3n) is 4.26. The van der Waals surface area contributed by atoms with Crippen LogP contribution in [0.3, 0.4) is 0 Å². The number of nitrogens with one attached hydrogen (secondary N) is 1. The van der Waals surface area contributed by atoms with Gasteiger partial charge in [0.2, 0.25) is 5.91 Å². The van der Waals surface area contributed by atoms with Crippen LogP contribution in [0.2, 0.25) is 0 Å². The first-order chi connectivity index (χ1) is 12.7. The van der Waals surface area contributed by atoms with Crippen LogP contribution in [-0.4, -0.2) is 30.4 Å². The van der Waals surface area contributed by atoms with E-state index in [9.17, 15) is 14.5 Å². The lowest BCUT2D eigenvalue weighted by Crippen LogP contribution is -2.27. The third-order valence-corrected chi connectivity index (χ3v) is 6.24. The zero-order chi connectivity index (χ0) is 21.8. The van der Waals surface area contributed by atoms with Crippen LogP contribution >= 0.6 is 7.60 Å². The maximum Gasteiger partial charge on any atom is 0.340 e. The van der Waals surface area contributed by atoms with E-state index in [1.807, 2.05) is 53.7 Å². The van der Waals surface area contributed by atoms with E-state index in [0.29, 0.717) is 5.75 Å². The number of hydrogen-bond donors (Lipinski definition) is 2. The summed E-state index contributed by atoms with van der Waals surface area (Å²) >= 11 is 0. The predicted octanol–water partition coefficient (Wildman–Crippen LogP) is 4.87. The standard InChI is InChI=1S/C21H36NO5P/c1-9-26-28(25,27-10-2)14-18(23)22-13-15-11-16(20(3,4)5)19(24)17(12-15)21(6,7)8/h11-12,24H,9-10,13-14H2,1-8H3,(H,22,23). The summed E-state index contributed by atoms with van der Waals surface area (Å²) in [5.41, 5.74) is 2.05. The van der Waals surface area contributed by atoms with Gasteiger partial charge >= 0.3 is 7.60 Å². The number of rotatable bonds is 8. The van der Waals surface area contributed by atoms with Gasteiger partial charge in [0.25, 0.3) is 0 Å². The molecule has 0 spiro atoms. The Morgan fingerprint density at radius 2 is 1.43 bits per heavy atom. The van der Waals surface area contributed by atoms with Gasteiger partial charge in [-0.25, -0.2) is 0 Å². The summed E-state index contributed by atoms with van der Waals surface area (Å²) in [7, 11) is -3.43. The fourth-order valence-corrected chi connectivity index (χ4v) is 4.40. The van der Waals surface area contributed by atoms with Gasteiger partial charge in [-0.05, 0) is 53.5 Å². The molecule has 0 aliphatic rings. The summed E-state index contributed by atoms with van der Waals surface area (Å²) in [5.74, 6) is -0.0970. The topological polar surface area (TPSA) is 84.9 Å². The molecule has 0 atom stereocenters. The molecule has 0 aliphatic heterocycles. The number of carbonyl (C=O) groups excluding carboxylic acids is 1. The van der Waals surface area contributed by atoms with Crippen molar-refractivity contribution in [3.63, 3.8) is 0 Å². The minimum Gasteiger partial charge on any atom is -0.507 e. The van der Waals surface area contributed by atoms with Crippen LogP contribution in [0.25, 0.3) is 0 Å². The first kappa shape index (κ1) is 24.7. The maximum absolute atomic E-state index is 12.5. The minimum absolute atomic E-state index is 0.215. The number of phenolic OH excluding ortho intramolecular Hbond substituents is 1. The summed E-state index contributed by atoms with van der Waals surface area (Å²) in [5, 5.41) is 13.6. The van der Waals surface area contributed by atoms with Crippen molar-refractivity contribution in [2.24, 2.45) is 0 Å². The Morgan fingerprint density at radius 3 is 1.79 bits per heavy atom. The number of hydrogen-bond acceptors (Lipinski definition) is 5. The maximum atomic E-state index is 12.5. The highest BCUT2D eigenvalue weighted by atomic mass is 31.2. The van der Waals surface area contributed by atoms with Gasteiger partial charge in [0.15, 0.2) is 0 Å². The zero-order valence-electron chi connectivity index (χ0n) is 18.5. The lowest BCUT2D eigenvalue weighted by molar-refractivity contribution is -0.119. The molecule has 0 fully saturated rings. The SMILES string of the molecule is CCOP(=O)(CC(=O)NCc1cc(C(C)(C)C)c(O)c(C(C)(C)C)c1)OCC. The van der Waals surface area contributed by atoms with Crippen LogP contribution < -0.4 is 5.32 Å². The van der Waals surface area contributed by atoms with Gasteiger partial charge in [-0.1, -0.05) is 41.5 Å². The molecule has 0 heterocycles. The normalized spacial score (nSPS) is 12.9. The predicted molar refractivity (Wildman–Crippen MR) is 113 cm³/mol. The van der Waals surface area contributed by atoms with E-state index in [-0.39, 0.29) is 36.8 Å². The van der Waals surface area contributed by atoms with Crippen LogP contribution in [0.4, 0.5) is 0 Å². The van der Waals surface area contributed by atoms with Gasteiger partial charge in [0.05, 0.1) is 13.2 Å². The molecule has 0 saturated heterocycles. The number of carbonyl (C=O) groups is 1. The Labute approximate surface area is 169 Å². The molecule has 6 nitrogen and oxygen atoms in total. The number of phenols is 1. The van der Waals surface area contributed by atoms with Crippen molar-refractivity contribution < 1.29 is 23.5 Å². The van der Waals surface area contributed by atoms with Gasteiger partial charge < -0.3 is 19.5 Å². The molecular weight excluding hydrogens is 377 g/mol. The molecule has 0 saturated carbocycles. The molecule has 0 bridgehead atoms. The van der Waals surface area contributed by atoms with Crippen LogP contribution in [-0.2, 0) is 35.8 Å². The number of benzene rings is 1. The molecule has 0 unspecified atom stereocenters. The average molecular weight is 413 g/mol. The molecule has 0 aromatic heterocycles. The summed E-state index contributed by atoms with van der Waals surface area (Å²) in [6.45, 7) is 16.4. The quantitative estimate of drug-likeness (QED) is 0.594. The molecule has 1 rings (SSSR count). The third kappa shape index (κ3) is 6.91. The molecule has 160 valence electrons. The smallest absolute Gasteiger partial charge is 0.340 e. The van der Waals surface area contributed by atoms with Crippen molar-refractivity contribution in [3.8, 4) is 5.75 Å². The fourth-order valence-electron chi connectivity index (χ4n) is 2.89. The molecule has 7 heteroatoms. The molecule has 1 aromatic rings. The van der Waals surface area contributed by atoms with Crippen LogP contribution in [0.5, 0.6) is 5.75 Å². The van der Waals surface area contributed by atoms with Crippen molar-refractivity contribution in [1.82, 2.24) is 5.32 Å². The molecule has 28 heavy (non-hydrogen) atoms. The second-order valence-corrected chi connectivity index (χ2v) is 11.0. The fraction of sp³-hybridized carbons (Fsp3) is 0.667. The van der Waals surface area contributed by atoms with Crippen molar-refractivity contribution in [2.75, 3.05) is 19.4 Å². The van der Waals surface area contributed by atoms with Crippen molar-refractivity contribution >= 4 is 13.5 Å². The van der Waals surface area contributed by atoms with Crippen molar-refractivity contribution in [2.45, 2.75) is 72.8 Å². The Hall–Kier alpha value is -1.36. The zero-order valence-corrected chi connectivity index (χ0v) is 19.4. The van der Waals surface area contributed by atoms with Gasteiger partial charge in [-0.2, -0.15) is 0 Å². The molecule has 0 aliphatic carbocycles. The highest BCUT2D eigenvalue weighted by Gasteiger charge is 2.29. The number of aromatic hydroxyl groups is 1. The highest BCUT2D eigenvalue weighted by molar-refractivity contribution is 7.54. The van der Waals surface area contributed by atoms with E-state index in [0.717, 1.165) is 16.7 Å². The number of amides is 1. The lowest BCUT2D eigenvalue weighted by atomic mass is 9.78. The summed E-state index contributed by atoms with van der Waals surface area (Å²) in [6.07, 6.45) is -0.314. The highest BCUT2D eigenvalue weighted by Crippen LogP contribution is 2.47. The van der Waals surface area contributed by atoms with E-state index in [1.54, 1.807) is 13.8 Å². The Bertz CT molecular complexity index is 686. The minimum atomic E-state index is -3.43. The monoisotopic (exact) mass is 413 g/mol. The second kappa shape index (κ2) is 9.43. The van der Waals surface area contributed by atoms with Crippen molar-refractivity contribution in [3.05, 3.63) is 28.8 Å². The molecule has 0 radical (unpaired) electrons. The van der Waals surface area contributed by atoms with Crippen LogP contribution in [0.1, 0.15) is 72.1 Å². The van der Waals surface area contributed by atoms with Gasteiger partial charge in [-0.3, -0.25) is 9.36 Å². The summed E-state index contributed by atoms with van der Waals surface area (Å²) < 4.78 is 22.9. The Balaban J connectivity index is 3.06. The largest absolute Gasteiger partial charge is 0.507 e.